The quantitative estimate of drug-likeness (QED) is 0.301. The van der Waals surface area contributed by atoms with Gasteiger partial charge in [0.05, 0.1) is 0 Å². The molecule has 0 saturated heterocycles. The summed E-state index contributed by atoms with van der Waals surface area (Å²) >= 11 is 0. The van der Waals surface area contributed by atoms with Crippen molar-refractivity contribution in [1.29, 1.82) is 0 Å². The minimum atomic E-state index is -0.631. The summed E-state index contributed by atoms with van der Waals surface area (Å²) in [6.07, 6.45) is 0.710. The monoisotopic (exact) mass is 490 g/mol. The van der Waals surface area contributed by atoms with Crippen LogP contribution in [0.3, 0.4) is 0 Å². The largest absolute Gasteiger partial charge is 0.357 e. The predicted octanol–water partition coefficient (Wildman–Crippen LogP) is 5.90. The predicted molar refractivity (Wildman–Crippen MR) is 149 cm³/mol. The fourth-order valence-corrected chi connectivity index (χ4v) is 4.70. The van der Waals surface area contributed by atoms with Crippen LogP contribution < -0.4 is 5.32 Å². The number of amides is 2. The number of nitrogens with zero attached hydrogens (tertiary/aromatic N) is 1. The number of carbonyl (C=O) groups is 2. The van der Waals surface area contributed by atoms with Gasteiger partial charge in [0.25, 0.3) is 0 Å². The maximum atomic E-state index is 14.2. The fraction of sp³-hybridized carbons (Fsp3) is 0.212. The molecule has 1 N–H and O–H groups in total. The first kappa shape index (κ1) is 25.9. The third kappa shape index (κ3) is 6.95. The molecule has 4 aromatic rings. The van der Waals surface area contributed by atoms with E-state index in [0.717, 1.165) is 27.8 Å². The van der Waals surface area contributed by atoms with E-state index in [4.69, 9.17) is 0 Å². The van der Waals surface area contributed by atoms with E-state index >= 15 is 0 Å². The molecular weight excluding hydrogens is 456 g/mol. The van der Waals surface area contributed by atoms with Crippen LogP contribution >= 0.6 is 0 Å². The lowest BCUT2D eigenvalue weighted by Crippen LogP contribution is -2.50. The first-order valence-corrected chi connectivity index (χ1v) is 12.8. The Bertz CT molecular complexity index is 1230. The molecule has 0 radical (unpaired) electrons. The van der Waals surface area contributed by atoms with Gasteiger partial charge in [-0.1, -0.05) is 121 Å². The van der Waals surface area contributed by atoms with Crippen LogP contribution in [0.15, 0.2) is 115 Å². The van der Waals surface area contributed by atoms with Gasteiger partial charge in [0, 0.05) is 32.4 Å². The van der Waals surface area contributed by atoms with Gasteiger partial charge in [-0.3, -0.25) is 9.59 Å². The summed E-state index contributed by atoms with van der Waals surface area (Å²) in [5.74, 6) is -0.333. The molecule has 4 heteroatoms. The van der Waals surface area contributed by atoms with Gasteiger partial charge in [0.1, 0.15) is 6.04 Å². The topological polar surface area (TPSA) is 49.4 Å². The molecule has 4 rings (SSSR count). The highest BCUT2D eigenvalue weighted by Gasteiger charge is 2.31. The Morgan fingerprint density at radius 2 is 1.22 bits per heavy atom. The highest BCUT2D eigenvalue weighted by atomic mass is 16.2. The molecule has 0 aliphatic carbocycles. The highest BCUT2D eigenvalue weighted by molar-refractivity contribution is 5.88. The van der Waals surface area contributed by atoms with E-state index in [9.17, 15) is 9.59 Å². The van der Waals surface area contributed by atoms with Crippen LogP contribution in [0.25, 0.3) is 0 Å². The lowest BCUT2D eigenvalue weighted by molar-refractivity contribution is -0.141. The van der Waals surface area contributed by atoms with Gasteiger partial charge in [-0.05, 0) is 29.2 Å². The van der Waals surface area contributed by atoms with E-state index in [1.165, 1.54) is 0 Å². The molecule has 0 fully saturated rings. The molecule has 0 aliphatic rings. The van der Waals surface area contributed by atoms with Crippen LogP contribution in [0.5, 0.6) is 0 Å². The Labute approximate surface area is 220 Å². The van der Waals surface area contributed by atoms with Crippen LogP contribution in [-0.4, -0.2) is 29.8 Å². The summed E-state index contributed by atoms with van der Waals surface area (Å²) in [5.41, 5.74) is 5.33. The maximum absolute atomic E-state index is 14.2. The average molecular weight is 491 g/mol. The van der Waals surface area contributed by atoms with Crippen molar-refractivity contribution in [3.8, 4) is 0 Å². The van der Waals surface area contributed by atoms with Crippen molar-refractivity contribution in [1.82, 2.24) is 10.2 Å². The van der Waals surface area contributed by atoms with Crippen molar-refractivity contribution in [3.63, 3.8) is 0 Å². The van der Waals surface area contributed by atoms with Crippen LogP contribution in [-0.2, 0) is 22.6 Å². The molecule has 0 aromatic heterocycles. The zero-order valence-electron chi connectivity index (χ0n) is 21.5. The SMILES string of the molecule is CNC(=O)C(Cc1ccccc1)N(Cc1ccc(C)cc1)C(=O)CC(c1ccccc1)c1ccccc1. The van der Waals surface area contributed by atoms with Gasteiger partial charge < -0.3 is 10.2 Å². The number of nitrogens with one attached hydrogen (secondary N) is 1. The normalized spacial score (nSPS) is 11.6. The molecule has 37 heavy (non-hydrogen) atoms. The highest BCUT2D eigenvalue weighted by Crippen LogP contribution is 2.30. The Balaban J connectivity index is 1.71. The van der Waals surface area contributed by atoms with E-state index in [-0.39, 0.29) is 24.2 Å². The third-order valence-corrected chi connectivity index (χ3v) is 6.77. The Morgan fingerprint density at radius 3 is 1.73 bits per heavy atom. The van der Waals surface area contributed by atoms with Crippen molar-refractivity contribution < 1.29 is 9.59 Å². The Hall–Kier alpha value is -4.18. The third-order valence-electron chi connectivity index (χ3n) is 6.77. The van der Waals surface area contributed by atoms with Gasteiger partial charge >= 0.3 is 0 Å². The first-order chi connectivity index (χ1) is 18.0. The summed E-state index contributed by atoms with van der Waals surface area (Å²) < 4.78 is 0. The van der Waals surface area contributed by atoms with Crippen molar-refractivity contribution >= 4 is 11.8 Å². The molecule has 4 nitrogen and oxygen atoms in total. The Morgan fingerprint density at radius 1 is 0.703 bits per heavy atom. The van der Waals surface area contributed by atoms with E-state index < -0.39 is 6.04 Å². The number of hydrogen-bond donors (Lipinski definition) is 1. The van der Waals surface area contributed by atoms with E-state index in [1.807, 2.05) is 97.9 Å². The molecule has 0 heterocycles. The van der Waals surface area contributed by atoms with Crippen molar-refractivity contribution in [2.45, 2.75) is 38.3 Å². The van der Waals surface area contributed by atoms with E-state index in [0.29, 0.717) is 13.0 Å². The summed E-state index contributed by atoms with van der Waals surface area (Å²) in [5, 5.41) is 2.80. The minimum Gasteiger partial charge on any atom is -0.357 e. The number of benzene rings is 4. The van der Waals surface area contributed by atoms with Gasteiger partial charge in [0.15, 0.2) is 0 Å². The molecule has 0 bridgehead atoms. The van der Waals surface area contributed by atoms with Crippen molar-refractivity contribution in [2.75, 3.05) is 7.05 Å². The molecule has 4 aromatic carbocycles. The van der Waals surface area contributed by atoms with Gasteiger partial charge in [-0.2, -0.15) is 0 Å². The molecule has 1 atom stereocenters. The lowest BCUT2D eigenvalue weighted by Gasteiger charge is -2.32. The molecule has 1 unspecified atom stereocenters. The molecule has 0 saturated carbocycles. The number of rotatable bonds is 10. The van der Waals surface area contributed by atoms with Gasteiger partial charge in [0.2, 0.25) is 11.8 Å². The first-order valence-electron chi connectivity index (χ1n) is 12.8. The zero-order chi connectivity index (χ0) is 26.0. The summed E-state index contributed by atoms with van der Waals surface area (Å²) in [6.45, 7) is 2.40. The second-order valence-electron chi connectivity index (χ2n) is 9.41. The zero-order valence-corrected chi connectivity index (χ0v) is 21.5. The second kappa shape index (κ2) is 12.7. The van der Waals surface area contributed by atoms with Crippen LogP contribution in [0, 0.1) is 6.92 Å². The Kier molecular flexibility index (Phi) is 8.88. The number of aryl methyl sites for hydroxylation is 1. The van der Waals surface area contributed by atoms with Crippen LogP contribution in [0.2, 0.25) is 0 Å². The fourth-order valence-electron chi connectivity index (χ4n) is 4.70. The number of carbonyl (C=O) groups excluding carboxylic acids is 2. The van der Waals surface area contributed by atoms with Crippen LogP contribution in [0.1, 0.15) is 40.2 Å². The van der Waals surface area contributed by atoms with Crippen LogP contribution in [0.4, 0.5) is 0 Å². The smallest absolute Gasteiger partial charge is 0.242 e. The summed E-state index contributed by atoms with van der Waals surface area (Å²) in [7, 11) is 1.63. The molecule has 2 amide bonds. The van der Waals surface area contributed by atoms with E-state index in [1.54, 1.807) is 11.9 Å². The minimum absolute atomic E-state index is 0.0530. The number of hydrogen-bond acceptors (Lipinski definition) is 2. The summed E-state index contributed by atoms with van der Waals surface area (Å²) in [4.78, 5) is 29.2. The maximum Gasteiger partial charge on any atom is 0.242 e. The van der Waals surface area contributed by atoms with E-state index in [2.05, 4.69) is 29.6 Å². The molecule has 0 aliphatic heterocycles. The molecular formula is C33H34N2O2. The average Bonchev–Trinajstić information content (AvgIpc) is 2.95. The lowest BCUT2D eigenvalue weighted by atomic mass is 9.87. The van der Waals surface area contributed by atoms with Crippen molar-refractivity contribution in [3.05, 3.63) is 143 Å². The molecule has 0 spiro atoms. The molecule has 188 valence electrons. The van der Waals surface area contributed by atoms with Gasteiger partial charge in [-0.25, -0.2) is 0 Å². The summed E-state index contributed by atoms with van der Waals surface area (Å²) in [6, 6.07) is 37.6. The van der Waals surface area contributed by atoms with Gasteiger partial charge in [-0.15, -0.1) is 0 Å². The standard InChI is InChI=1S/C33H34N2O2/c1-25-18-20-27(21-19-25)24-35(31(33(37)34-2)22-26-12-6-3-7-13-26)32(36)23-30(28-14-8-4-9-15-28)29-16-10-5-11-17-29/h3-21,30-31H,22-24H2,1-2H3,(H,34,37). The second-order valence-corrected chi connectivity index (χ2v) is 9.41. The van der Waals surface area contributed by atoms with Crippen molar-refractivity contribution in [2.24, 2.45) is 0 Å². The number of likely N-dealkylation sites (N-methyl/N-ethyl adjacent to an activating group) is 1.